The zero-order valence-corrected chi connectivity index (χ0v) is 66.3. The standard InChI is InChI=1S/C84H91N7O24S2/c1-52-18-23-64(24-19-52)116(101,102)35-26-70(95)56-15-9-14-55(36-56)68(93)16-11-29-108-33-34-109-51-61-49-89(88-87-61)27-32-107-28-10-17-69(94)57-21-25-71(112-84-81(98)80(97)79(96)77(50-92)113-84)76(39-57)115-117(103,104)114-63-22-20-54-37-62-46-85-67-44-75(73(106-3)43-66(67)83(100)90(62)48-60(54)38-63)111-31-8-4-7-30-110-74-40-59-45-86-78-41-53-12-5-6-13-58(53)47-91(78)82(99)65(59)42-72(74)105-2/h5-6,9,12-15,18-25,36,38-40,42-46,49,62,77-81,84,92,96-98H,4,7-8,10-11,16-17,26-35,37,41,47-48,50-51H2,1-3H3/t62-,77+,78-,79-,80-,81-,84?/m0/s1. The molecule has 0 bridgehead atoms. The molecule has 1 fully saturated rings. The number of carbonyl (C=O) groups excluding carboxylic acids is 5. The van der Waals surface area contributed by atoms with E-state index >= 15 is 0 Å². The Morgan fingerprint density at radius 2 is 1.23 bits per heavy atom. The molecule has 7 atom stereocenters. The van der Waals surface area contributed by atoms with Crippen LogP contribution in [0.3, 0.4) is 0 Å². The average Bonchev–Trinajstić information content (AvgIpc) is 1.67. The van der Waals surface area contributed by atoms with Gasteiger partial charge in [0.05, 0.1) is 107 Å². The lowest BCUT2D eigenvalue weighted by Gasteiger charge is -2.39. The molecule has 618 valence electrons. The average molecular weight is 1650 g/mol. The molecule has 31 nitrogen and oxygen atoms in total. The van der Waals surface area contributed by atoms with Gasteiger partial charge in [-0.3, -0.25) is 34.0 Å². The predicted octanol–water partition coefficient (Wildman–Crippen LogP) is 8.28. The first-order valence-corrected chi connectivity index (χ1v) is 41.4. The Kier molecular flexibility index (Phi) is 27.7. The molecular formula is C84H91N7O24S2. The number of aryl methyl sites for hydroxylation is 1. The molecule has 0 saturated carbocycles. The van der Waals surface area contributed by atoms with Crippen molar-refractivity contribution < 1.29 is 112 Å². The summed E-state index contributed by atoms with van der Waals surface area (Å²) in [5, 5.41) is 50.0. The molecule has 7 aromatic carbocycles. The first-order chi connectivity index (χ1) is 56.5. The van der Waals surface area contributed by atoms with Crippen LogP contribution in [0.15, 0.2) is 155 Å². The summed E-state index contributed by atoms with van der Waals surface area (Å²) in [5.74, 6) is -1.42. The number of aliphatic hydroxyl groups excluding tert-OH is 4. The number of aromatic nitrogens is 3. The number of Topliss-reactive ketones (excluding diaryl/α,β-unsaturated/α-hetero) is 3. The van der Waals surface area contributed by atoms with Crippen molar-refractivity contribution in [2.75, 3.05) is 72.8 Å². The van der Waals surface area contributed by atoms with E-state index in [1.807, 2.05) is 25.1 Å². The van der Waals surface area contributed by atoms with E-state index in [1.165, 1.54) is 62.2 Å². The molecule has 0 radical (unpaired) electrons. The highest BCUT2D eigenvalue weighted by Gasteiger charge is 2.46. The molecule has 5 aliphatic heterocycles. The zero-order chi connectivity index (χ0) is 82.3. The second-order valence-corrected chi connectivity index (χ2v) is 31.9. The fourth-order valence-corrected chi connectivity index (χ4v) is 16.0. The van der Waals surface area contributed by atoms with Crippen molar-refractivity contribution in [3.05, 3.63) is 207 Å². The quantitative estimate of drug-likeness (QED) is 0.0207. The maximum absolute atomic E-state index is 14.5. The van der Waals surface area contributed by atoms with Crippen molar-refractivity contribution in [1.29, 1.82) is 0 Å². The Bertz CT molecular complexity index is 5230. The zero-order valence-electron chi connectivity index (χ0n) is 64.6. The van der Waals surface area contributed by atoms with Crippen molar-refractivity contribution in [3.8, 4) is 40.2 Å². The monoisotopic (exact) mass is 1650 g/mol. The maximum atomic E-state index is 14.5. The highest BCUT2D eigenvalue weighted by molar-refractivity contribution is 7.91. The van der Waals surface area contributed by atoms with Gasteiger partial charge in [-0.05, 0) is 134 Å². The number of hydrogen-bond donors (Lipinski definition) is 4. The van der Waals surface area contributed by atoms with Crippen molar-refractivity contribution in [1.82, 2.24) is 24.8 Å². The fraction of sp³-hybridized carbons (Fsp3) is 0.393. The van der Waals surface area contributed by atoms with Crippen LogP contribution in [0.2, 0.25) is 0 Å². The summed E-state index contributed by atoms with van der Waals surface area (Å²) in [6, 6.07) is 35.2. The third-order valence-electron chi connectivity index (χ3n) is 20.5. The highest BCUT2D eigenvalue weighted by Crippen LogP contribution is 2.41. The number of rotatable bonds is 40. The molecule has 117 heavy (non-hydrogen) atoms. The summed E-state index contributed by atoms with van der Waals surface area (Å²) in [6.45, 7) is 3.81. The molecule has 0 spiro atoms. The molecule has 4 N–H and O–H groups in total. The van der Waals surface area contributed by atoms with Gasteiger partial charge in [-0.15, -0.1) is 13.5 Å². The Hall–Kier alpha value is -10.9. The summed E-state index contributed by atoms with van der Waals surface area (Å²) in [6.07, 6.45) is -0.347. The van der Waals surface area contributed by atoms with E-state index in [9.17, 15) is 61.2 Å². The molecule has 2 amide bonds. The van der Waals surface area contributed by atoms with Gasteiger partial charge in [-0.1, -0.05) is 71.4 Å². The van der Waals surface area contributed by atoms with E-state index in [2.05, 4.69) is 16.4 Å². The number of nitrogens with zero attached hydrogens (tertiary/aromatic N) is 7. The highest BCUT2D eigenvalue weighted by atomic mass is 32.3. The number of unbranched alkanes of at least 4 members (excludes halogenated alkanes) is 2. The van der Waals surface area contributed by atoms with Crippen LogP contribution in [0.4, 0.5) is 5.69 Å². The number of ether oxygens (including phenoxy) is 9. The lowest BCUT2D eigenvalue weighted by atomic mass is 9.94. The van der Waals surface area contributed by atoms with E-state index < -0.39 is 80.9 Å². The number of methoxy groups -OCH3 is 2. The van der Waals surface area contributed by atoms with E-state index in [-0.39, 0.29) is 135 Å². The normalized spacial score (nSPS) is 18.7. The minimum atomic E-state index is -5.12. The van der Waals surface area contributed by atoms with E-state index in [1.54, 1.807) is 93.8 Å². The summed E-state index contributed by atoms with van der Waals surface area (Å²) in [7, 11) is -5.77. The summed E-state index contributed by atoms with van der Waals surface area (Å²) >= 11 is 0. The SMILES string of the molecule is COc1cc2c(cc1OCCCCCOc1cc3c(cc1OC)C(=O)N1Cc4cc(OS(=O)(=O)Oc5cc(C(=O)CCCOCCn6cc(COCCOCCCC(=O)c7cccc(C(=O)CCS(=O)(=O)c8ccc(C)cc8)c7)nn6)ccc5OC5O[C@H](CO)[C@H](O)[C@H](O)[C@@H]5O)ccc4C[C@H]1C=N3)C=N[C@@H]1Cc3ccccc3CN1C2=O. The fourth-order valence-electron chi connectivity index (χ4n) is 14.1. The van der Waals surface area contributed by atoms with Crippen LogP contribution in [0.1, 0.15) is 142 Å². The van der Waals surface area contributed by atoms with E-state index in [0.717, 1.165) is 29.2 Å². The van der Waals surface area contributed by atoms with Gasteiger partial charge < -0.3 is 81.2 Å². The number of benzene rings is 7. The first kappa shape index (κ1) is 84.1. The van der Waals surface area contributed by atoms with Gasteiger partial charge in [0.1, 0.15) is 42.0 Å². The number of amides is 2. The third-order valence-corrected chi connectivity index (χ3v) is 23.0. The van der Waals surface area contributed by atoms with Gasteiger partial charge in [0.15, 0.2) is 61.7 Å². The number of sulfone groups is 1. The molecule has 6 heterocycles. The Morgan fingerprint density at radius 3 is 1.96 bits per heavy atom. The molecule has 5 aliphatic rings. The van der Waals surface area contributed by atoms with Gasteiger partial charge in [0, 0.05) is 92.7 Å². The van der Waals surface area contributed by atoms with Crippen LogP contribution in [0, 0.1) is 6.92 Å². The van der Waals surface area contributed by atoms with Crippen LogP contribution in [0.5, 0.6) is 40.2 Å². The lowest BCUT2D eigenvalue weighted by Crippen LogP contribution is -2.60. The lowest BCUT2D eigenvalue weighted by molar-refractivity contribution is -0.277. The van der Waals surface area contributed by atoms with E-state index in [0.29, 0.717) is 115 Å². The van der Waals surface area contributed by atoms with Gasteiger partial charge >= 0.3 is 10.4 Å². The number of aliphatic hydroxyl groups is 4. The molecule has 13 rings (SSSR count). The summed E-state index contributed by atoms with van der Waals surface area (Å²) in [5.41, 5.74) is 7.42. The van der Waals surface area contributed by atoms with E-state index in [4.69, 9.17) is 61.0 Å². The topological polar surface area (TPSA) is 398 Å². The Balaban J connectivity index is 0.547. The summed E-state index contributed by atoms with van der Waals surface area (Å²) in [4.78, 5) is 81.1. The largest absolute Gasteiger partial charge is 0.501 e. The van der Waals surface area contributed by atoms with Gasteiger partial charge in [-0.25, -0.2) is 13.1 Å². The van der Waals surface area contributed by atoms with Crippen molar-refractivity contribution in [2.45, 2.75) is 145 Å². The van der Waals surface area contributed by atoms with Crippen LogP contribution in [-0.2, 0) is 78.3 Å². The third kappa shape index (κ3) is 20.9. The number of ketones is 3. The van der Waals surface area contributed by atoms with Crippen LogP contribution < -0.4 is 32.1 Å². The van der Waals surface area contributed by atoms with Crippen LogP contribution in [-0.4, -0.2) is 219 Å². The van der Waals surface area contributed by atoms with Gasteiger partial charge in [0.2, 0.25) is 6.29 Å². The van der Waals surface area contributed by atoms with Crippen LogP contribution in [0.25, 0.3) is 0 Å². The number of carbonyl (C=O) groups is 5. The number of fused-ring (bicyclic) bond motifs is 6. The maximum Gasteiger partial charge on any atom is 0.501 e. The summed E-state index contributed by atoms with van der Waals surface area (Å²) < 4.78 is 119. The Morgan fingerprint density at radius 1 is 0.573 bits per heavy atom. The van der Waals surface area contributed by atoms with Crippen molar-refractivity contribution in [2.24, 2.45) is 9.98 Å². The van der Waals surface area contributed by atoms with Gasteiger partial charge in [-0.2, -0.15) is 0 Å². The second-order valence-electron chi connectivity index (χ2n) is 28.7. The second kappa shape index (κ2) is 38.5. The van der Waals surface area contributed by atoms with Crippen molar-refractivity contribution in [3.63, 3.8) is 0 Å². The van der Waals surface area contributed by atoms with Crippen molar-refractivity contribution >= 4 is 67.5 Å². The smallest absolute Gasteiger partial charge is 0.493 e. The Labute approximate surface area is 675 Å². The van der Waals surface area contributed by atoms with Crippen LogP contribution >= 0.6 is 0 Å². The van der Waals surface area contributed by atoms with Gasteiger partial charge in [0.25, 0.3) is 11.8 Å². The number of hydrogen-bond acceptors (Lipinski definition) is 28. The first-order valence-electron chi connectivity index (χ1n) is 38.5. The molecular weight excluding hydrogens is 1560 g/mol. The molecule has 1 saturated heterocycles. The molecule has 33 heteroatoms. The minimum Gasteiger partial charge on any atom is -0.493 e. The molecule has 0 aliphatic carbocycles. The molecule has 1 unspecified atom stereocenters. The molecule has 8 aromatic rings. The minimum absolute atomic E-state index is 0.0149. The number of aliphatic imine (C=N–C) groups is 2. The predicted molar refractivity (Wildman–Crippen MR) is 422 cm³/mol. The molecule has 1 aromatic heterocycles.